The Kier molecular flexibility index (Phi) is 9.31. The number of halogens is 1. The third kappa shape index (κ3) is 6.82. The molecule has 0 fully saturated rings. The standard InChI is InChI=1S/C30H27ClN4O3S/c1-3-38-25-15-8-7-14-23(25)28-24(17-32)30(39-18-26(36)34-22-13-9-10-20(31)16-22)33-19(2)27(28)29(37)35-21-11-5-4-6-12-21/h4-16,28,33H,3,18H2,1-2H3,(H,34,36)(H,35,37). The molecule has 198 valence electrons. The Hall–Kier alpha value is -4.19. The molecule has 0 aromatic heterocycles. The van der Waals surface area contributed by atoms with E-state index >= 15 is 0 Å². The summed E-state index contributed by atoms with van der Waals surface area (Å²) in [7, 11) is 0. The molecule has 0 saturated carbocycles. The van der Waals surface area contributed by atoms with Gasteiger partial charge in [0.1, 0.15) is 5.75 Å². The lowest BCUT2D eigenvalue weighted by atomic mass is 9.81. The first kappa shape index (κ1) is 27.8. The van der Waals surface area contributed by atoms with Crippen LogP contribution in [-0.4, -0.2) is 24.2 Å². The van der Waals surface area contributed by atoms with Gasteiger partial charge in [-0.25, -0.2) is 0 Å². The van der Waals surface area contributed by atoms with Gasteiger partial charge in [-0.3, -0.25) is 9.59 Å². The highest BCUT2D eigenvalue weighted by atomic mass is 35.5. The zero-order valence-electron chi connectivity index (χ0n) is 21.5. The largest absolute Gasteiger partial charge is 0.494 e. The molecule has 1 atom stereocenters. The zero-order chi connectivity index (χ0) is 27.8. The number of carbonyl (C=O) groups is 2. The molecule has 1 unspecified atom stereocenters. The lowest BCUT2D eigenvalue weighted by molar-refractivity contribution is -0.114. The molecule has 4 rings (SSSR count). The van der Waals surface area contributed by atoms with E-state index in [4.69, 9.17) is 16.3 Å². The Morgan fingerprint density at radius 1 is 1.03 bits per heavy atom. The van der Waals surface area contributed by atoms with Crippen molar-refractivity contribution in [2.75, 3.05) is 23.0 Å². The highest BCUT2D eigenvalue weighted by molar-refractivity contribution is 8.03. The molecule has 1 heterocycles. The van der Waals surface area contributed by atoms with Crippen molar-refractivity contribution in [2.45, 2.75) is 19.8 Å². The summed E-state index contributed by atoms with van der Waals surface area (Å²) in [5.41, 5.74) is 3.22. The molecule has 9 heteroatoms. The Bertz CT molecular complexity index is 1480. The highest BCUT2D eigenvalue weighted by Gasteiger charge is 2.36. The van der Waals surface area contributed by atoms with Gasteiger partial charge in [0.2, 0.25) is 5.91 Å². The van der Waals surface area contributed by atoms with Gasteiger partial charge in [0, 0.05) is 33.2 Å². The summed E-state index contributed by atoms with van der Waals surface area (Å²) in [5, 5.41) is 20.3. The van der Waals surface area contributed by atoms with E-state index in [9.17, 15) is 14.9 Å². The summed E-state index contributed by atoms with van der Waals surface area (Å²) < 4.78 is 5.89. The lowest BCUT2D eigenvalue weighted by Crippen LogP contribution is -2.31. The van der Waals surface area contributed by atoms with Crippen LogP contribution < -0.4 is 20.7 Å². The van der Waals surface area contributed by atoms with Gasteiger partial charge >= 0.3 is 0 Å². The molecule has 0 bridgehead atoms. The average Bonchev–Trinajstić information content (AvgIpc) is 2.92. The molecule has 3 N–H and O–H groups in total. The average molecular weight is 559 g/mol. The van der Waals surface area contributed by atoms with E-state index in [0.29, 0.717) is 56.2 Å². The number of carbonyl (C=O) groups excluding carboxylic acids is 2. The summed E-state index contributed by atoms with van der Waals surface area (Å²) >= 11 is 7.22. The van der Waals surface area contributed by atoms with E-state index in [0.717, 1.165) is 0 Å². The number of rotatable bonds is 9. The van der Waals surface area contributed by atoms with Gasteiger partial charge in [-0.1, -0.05) is 65.8 Å². The number of nitriles is 1. The van der Waals surface area contributed by atoms with Crippen LogP contribution in [-0.2, 0) is 9.59 Å². The first-order valence-corrected chi connectivity index (χ1v) is 13.7. The maximum Gasteiger partial charge on any atom is 0.254 e. The van der Waals surface area contributed by atoms with Crippen molar-refractivity contribution in [2.24, 2.45) is 0 Å². The van der Waals surface area contributed by atoms with Crippen LogP contribution in [0.5, 0.6) is 5.75 Å². The minimum Gasteiger partial charge on any atom is -0.494 e. The number of anilines is 2. The maximum atomic E-state index is 13.6. The smallest absolute Gasteiger partial charge is 0.254 e. The molecule has 0 radical (unpaired) electrons. The van der Waals surface area contributed by atoms with Crippen molar-refractivity contribution in [3.05, 3.63) is 111 Å². The van der Waals surface area contributed by atoms with E-state index in [1.54, 1.807) is 43.3 Å². The predicted molar refractivity (Wildman–Crippen MR) is 156 cm³/mol. The molecule has 0 aliphatic carbocycles. The Morgan fingerprint density at radius 3 is 2.46 bits per heavy atom. The molecule has 2 amide bonds. The number of dihydropyridines is 1. The lowest BCUT2D eigenvalue weighted by Gasteiger charge is -2.30. The van der Waals surface area contributed by atoms with E-state index in [1.807, 2.05) is 49.4 Å². The number of nitrogens with one attached hydrogen (secondary N) is 3. The molecule has 3 aromatic carbocycles. The SMILES string of the molecule is CCOc1ccccc1C1C(C#N)=C(SCC(=O)Nc2cccc(Cl)c2)NC(C)=C1C(=O)Nc1ccccc1. The van der Waals surface area contributed by atoms with Crippen LogP contribution in [0.1, 0.15) is 25.3 Å². The third-order valence-electron chi connectivity index (χ3n) is 5.91. The fraction of sp³-hybridized carbons (Fsp3) is 0.167. The van der Waals surface area contributed by atoms with Gasteiger partial charge < -0.3 is 20.7 Å². The molecule has 0 spiro atoms. The quantitative estimate of drug-likeness (QED) is 0.279. The second-order valence-electron chi connectivity index (χ2n) is 8.59. The second kappa shape index (κ2) is 13.1. The number of allylic oxidation sites excluding steroid dienone is 2. The van der Waals surface area contributed by atoms with E-state index < -0.39 is 5.92 Å². The minimum atomic E-state index is -0.707. The van der Waals surface area contributed by atoms with E-state index in [-0.39, 0.29) is 17.6 Å². The normalized spacial score (nSPS) is 14.8. The molecule has 3 aromatic rings. The summed E-state index contributed by atoms with van der Waals surface area (Å²) in [6, 6.07) is 25.7. The summed E-state index contributed by atoms with van der Waals surface area (Å²) in [4.78, 5) is 26.3. The number of thioether (sulfide) groups is 1. The van der Waals surface area contributed by atoms with Gasteiger partial charge in [0.05, 0.1) is 34.9 Å². The van der Waals surface area contributed by atoms with Crippen LogP contribution in [0.2, 0.25) is 5.02 Å². The number of amides is 2. The number of para-hydroxylation sites is 2. The van der Waals surface area contributed by atoms with Gasteiger partial charge in [-0.05, 0) is 50.2 Å². The van der Waals surface area contributed by atoms with Crippen molar-refractivity contribution < 1.29 is 14.3 Å². The van der Waals surface area contributed by atoms with Crippen LogP contribution in [0.25, 0.3) is 0 Å². The fourth-order valence-corrected chi connectivity index (χ4v) is 5.35. The molecule has 1 aliphatic heterocycles. The monoisotopic (exact) mass is 558 g/mol. The van der Waals surface area contributed by atoms with Gasteiger partial charge in [-0.2, -0.15) is 5.26 Å². The first-order valence-electron chi connectivity index (χ1n) is 12.3. The van der Waals surface area contributed by atoms with Crippen molar-refractivity contribution in [1.82, 2.24) is 5.32 Å². The van der Waals surface area contributed by atoms with Gasteiger partial charge in [0.25, 0.3) is 5.91 Å². The summed E-state index contributed by atoms with van der Waals surface area (Å²) in [6.07, 6.45) is 0. The van der Waals surface area contributed by atoms with Crippen LogP contribution >= 0.6 is 23.4 Å². The van der Waals surface area contributed by atoms with Gasteiger partial charge in [0.15, 0.2) is 0 Å². The molecular formula is C30H27ClN4O3S. The number of benzene rings is 3. The number of nitrogens with zero attached hydrogens (tertiary/aromatic N) is 1. The van der Waals surface area contributed by atoms with Crippen LogP contribution in [0.4, 0.5) is 11.4 Å². The molecule has 39 heavy (non-hydrogen) atoms. The van der Waals surface area contributed by atoms with Crippen molar-refractivity contribution in [3.8, 4) is 11.8 Å². The van der Waals surface area contributed by atoms with Crippen LogP contribution in [0, 0.1) is 11.3 Å². The Labute approximate surface area is 236 Å². The summed E-state index contributed by atoms with van der Waals surface area (Å²) in [5.74, 6) is -0.673. The van der Waals surface area contributed by atoms with Crippen molar-refractivity contribution >= 4 is 46.6 Å². The zero-order valence-corrected chi connectivity index (χ0v) is 23.0. The summed E-state index contributed by atoms with van der Waals surface area (Å²) in [6.45, 7) is 4.09. The van der Waals surface area contributed by atoms with Crippen molar-refractivity contribution in [3.63, 3.8) is 0 Å². The molecule has 7 nitrogen and oxygen atoms in total. The number of ether oxygens (including phenoxy) is 1. The molecule has 1 aliphatic rings. The van der Waals surface area contributed by atoms with Crippen molar-refractivity contribution in [1.29, 1.82) is 5.26 Å². The topological polar surface area (TPSA) is 103 Å². The fourth-order valence-electron chi connectivity index (χ4n) is 4.27. The van der Waals surface area contributed by atoms with E-state index in [1.165, 1.54) is 11.8 Å². The minimum absolute atomic E-state index is 0.0404. The highest BCUT2D eigenvalue weighted by Crippen LogP contribution is 2.44. The molecule has 0 saturated heterocycles. The Morgan fingerprint density at radius 2 is 1.74 bits per heavy atom. The Balaban J connectivity index is 1.68. The maximum absolute atomic E-state index is 13.6. The van der Waals surface area contributed by atoms with Crippen LogP contribution in [0.3, 0.4) is 0 Å². The van der Waals surface area contributed by atoms with Crippen LogP contribution in [0.15, 0.2) is 101 Å². The predicted octanol–water partition coefficient (Wildman–Crippen LogP) is 6.45. The second-order valence-corrected chi connectivity index (χ2v) is 10.0. The van der Waals surface area contributed by atoms with Gasteiger partial charge in [-0.15, -0.1) is 0 Å². The number of hydrogen-bond acceptors (Lipinski definition) is 6. The molecular weight excluding hydrogens is 532 g/mol. The first-order chi connectivity index (χ1) is 18.9. The van der Waals surface area contributed by atoms with E-state index in [2.05, 4.69) is 22.0 Å². The third-order valence-corrected chi connectivity index (χ3v) is 7.16. The number of hydrogen-bond donors (Lipinski definition) is 3.